The van der Waals surface area contributed by atoms with E-state index in [-0.39, 0.29) is 6.54 Å². The lowest BCUT2D eigenvalue weighted by molar-refractivity contribution is 0.438. The van der Waals surface area contributed by atoms with Crippen molar-refractivity contribution in [2.24, 2.45) is 13.0 Å². The van der Waals surface area contributed by atoms with E-state index in [0.717, 1.165) is 57.7 Å². The van der Waals surface area contributed by atoms with Crippen molar-refractivity contribution in [3.8, 4) is 0 Å². The van der Waals surface area contributed by atoms with Crippen molar-refractivity contribution in [2.45, 2.75) is 58.2 Å². The highest BCUT2D eigenvalue weighted by Crippen LogP contribution is 2.34. The molecule has 0 amide bonds. The molecule has 0 atom stereocenters. The molecule has 2 aromatic carbocycles. The van der Waals surface area contributed by atoms with Gasteiger partial charge in [0.25, 0.3) is 0 Å². The number of nitrogens with one attached hydrogen (secondary N) is 1. The first-order chi connectivity index (χ1) is 16.4. The number of aryl methyl sites for hydroxylation is 1. The fourth-order valence-electron chi connectivity index (χ4n) is 4.34. The zero-order valence-corrected chi connectivity index (χ0v) is 23.4. The summed E-state index contributed by atoms with van der Waals surface area (Å²) in [5, 5.41) is 1.35. The molecular formula is C26H34Cl2N4O2S. The molecular weight excluding hydrogens is 503 g/mol. The Kier molecular flexibility index (Phi) is 7.45. The number of fused-ring (bicyclic) bond motifs is 1. The summed E-state index contributed by atoms with van der Waals surface area (Å²) in [5.41, 5.74) is 4.69. The zero-order valence-electron chi connectivity index (χ0n) is 21.0. The van der Waals surface area contributed by atoms with Crippen LogP contribution in [0.25, 0.3) is 11.0 Å². The molecule has 3 aromatic rings. The standard InChI is InChI=1S/C26H34Cl2N4O2S/c1-17-8-10-32(11-9-17)23-15-24-22(14-21(23)28)30-25(31(24)5)13-19-12-18(6-7-20(19)27)16-29-35(33,34)26(2,3)4/h6-7,12,14-15,17,29H,8-11,13,16H2,1-5H3. The van der Waals surface area contributed by atoms with Crippen LogP contribution in [0.15, 0.2) is 30.3 Å². The lowest BCUT2D eigenvalue weighted by atomic mass is 9.99. The molecule has 0 saturated carbocycles. The second-order valence-corrected chi connectivity index (χ2v) is 13.9. The van der Waals surface area contributed by atoms with Gasteiger partial charge in [0.05, 0.1) is 26.5 Å². The maximum absolute atomic E-state index is 12.4. The number of hydrogen-bond acceptors (Lipinski definition) is 4. The molecule has 2 heterocycles. The number of benzene rings is 2. The highest BCUT2D eigenvalue weighted by atomic mass is 35.5. The van der Waals surface area contributed by atoms with Gasteiger partial charge in [-0.1, -0.05) is 42.3 Å². The van der Waals surface area contributed by atoms with Crippen LogP contribution in [-0.4, -0.2) is 35.8 Å². The van der Waals surface area contributed by atoms with Crippen LogP contribution in [0.1, 0.15) is 57.5 Å². The number of halogens is 2. The van der Waals surface area contributed by atoms with E-state index in [1.807, 2.05) is 31.3 Å². The Morgan fingerprint density at radius 2 is 1.77 bits per heavy atom. The maximum Gasteiger partial charge on any atom is 0.216 e. The minimum absolute atomic E-state index is 0.208. The van der Waals surface area contributed by atoms with Crippen molar-refractivity contribution in [2.75, 3.05) is 18.0 Å². The molecule has 1 aliphatic rings. The van der Waals surface area contributed by atoms with Gasteiger partial charge in [0.15, 0.2) is 0 Å². The van der Waals surface area contributed by atoms with Gasteiger partial charge < -0.3 is 9.47 Å². The second-order valence-electron chi connectivity index (χ2n) is 10.6. The molecule has 1 aliphatic heterocycles. The lowest BCUT2D eigenvalue weighted by Crippen LogP contribution is -2.38. The van der Waals surface area contributed by atoms with Gasteiger partial charge in [-0.15, -0.1) is 0 Å². The van der Waals surface area contributed by atoms with Crippen molar-refractivity contribution >= 4 is 49.9 Å². The van der Waals surface area contributed by atoms with Gasteiger partial charge >= 0.3 is 0 Å². The summed E-state index contributed by atoms with van der Waals surface area (Å²) in [6.07, 6.45) is 2.87. The summed E-state index contributed by atoms with van der Waals surface area (Å²) in [6, 6.07) is 9.70. The summed E-state index contributed by atoms with van der Waals surface area (Å²) in [5.74, 6) is 1.62. The minimum Gasteiger partial charge on any atom is -0.370 e. The third-order valence-corrected chi connectivity index (χ3v) is 9.71. The molecule has 0 aliphatic carbocycles. The van der Waals surface area contributed by atoms with Gasteiger partial charge in [-0.3, -0.25) is 0 Å². The second kappa shape index (κ2) is 9.92. The van der Waals surface area contributed by atoms with E-state index < -0.39 is 14.8 Å². The average Bonchev–Trinajstić information content (AvgIpc) is 3.07. The number of rotatable bonds is 6. The number of anilines is 1. The molecule has 1 N–H and O–H groups in total. The summed E-state index contributed by atoms with van der Waals surface area (Å²) in [7, 11) is -1.43. The van der Waals surface area contributed by atoms with Crippen LogP contribution in [0.4, 0.5) is 5.69 Å². The smallest absolute Gasteiger partial charge is 0.216 e. The first-order valence-electron chi connectivity index (χ1n) is 12.0. The third kappa shape index (κ3) is 5.63. The molecule has 9 heteroatoms. The van der Waals surface area contributed by atoms with Gasteiger partial charge in [-0.05, 0) is 68.9 Å². The van der Waals surface area contributed by atoms with E-state index in [0.29, 0.717) is 11.4 Å². The lowest BCUT2D eigenvalue weighted by Gasteiger charge is -2.32. The Labute approximate surface area is 218 Å². The third-order valence-electron chi connectivity index (χ3n) is 6.90. The van der Waals surface area contributed by atoms with Gasteiger partial charge in [0.1, 0.15) is 5.82 Å². The van der Waals surface area contributed by atoms with E-state index >= 15 is 0 Å². The molecule has 0 bridgehead atoms. The van der Waals surface area contributed by atoms with Crippen molar-refractivity contribution in [1.82, 2.24) is 14.3 Å². The first kappa shape index (κ1) is 26.3. The quantitative estimate of drug-likeness (QED) is 0.424. The number of sulfonamides is 1. The highest BCUT2D eigenvalue weighted by Gasteiger charge is 2.28. The van der Waals surface area contributed by atoms with Crippen LogP contribution < -0.4 is 9.62 Å². The molecule has 190 valence electrons. The number of aromatic nitrogens is 2. The van der Waals surface area contributed by atoms with E-state index in [9.17, 15) is 8.42 Å². The molecule has 0 unspecified atom stereocenters. The van der Waals surface area contributed by atoms with Crippen molar-refractivity contribution in [1.29, 1.82) is 0 Å². The van der Waals surface area contributed by atoms with Crippen molar-refractivity contribution < 1.29 is 8.42 Å². The highest BCUT2D eigenvalue weighted by molar-refractivity contribution is 7.90. The SMILES string of the molecule is CC1CCN(c2cc3c(cc2Cl)nc(Cc2cc(CNS(=O)(=O)C(C)(C)C)ccc2Cl)n3C)CC1. The number of piperidine rings is 1. The zero-order chi connectivity index (χ0) is 25.5. The Bertz CT molecular complexity index is 1340. The average molecular weight is 538 g/mol. The van der Waals surface area contributed by atoms with Crippen LogP contribution >= 0.6 is 23.2 Å². The molecule has 6 nitrogen and oxygen atoms in total. The Balaban J connectivity index is 1.59. The molecule has 0 radical (unpaired) electrons. The van der Waals surface area contributed by atoms with Crippen LogP contribution in [0.3, 0.4) is 0 Å². The normalized spacial score (nSPS) is 15.8. The monoisotopic (exact) mass is 536 g/mol. The van der Waals surface area contributed by atoms with E-state index in [4.69, 9.17) is 28.2 Å². The van der Waals surface area contributed by atoms with Gasteiger partial charge in [-0.25, -0.2) is 18.1 Å². The Hall–Kier alpha value is -1.80. The fraction of sp³-hybridized carbons (Fsp3) is 0.500. The fourth-order valence-corrected chi connectivity index (χ4v) is 5.59. The predicted molar refractivity (Wildman–Crippen MR) is 146 cm³/mol. The molecule has 35 heavy (non-hydrogen) atoms. The van der Waals surface area contributed by atoms with Crippen LogP contribution in [0.2, 0.25) is 10.0 Å². The Morgan fingerprint density at radius 3 is 2.43 bits per heavy atom. The van der Waals surface area contributed by atoms with Crippen molar-refractivity contribution in [3.05, 3.63) is 57.3 Å². The molecule has 0 spiro atoms. The molecule has 1 aromatic heterocycles. The van der Waals surface area contributed by atoms with E-state index in [1.54, 1.807) is 20.8 Å². The predicted octanol–water partition coefficient (Wildman–Crippen LogP) is 5.93. The number of imidazole rings is 1. The summed E-state index contributed by atoms with van der Waals surface area (Å²) >= 11 is 13.2. The maximum atomic E-state index is 12.4. The van der Waals surface area contributed by atoms with E-state index in [1.165, 1.54) is 12.8 Å². The molecule has 1 saturated heterocycles. The van der Waals surface area contributed by atoms with Crippen LogP contribution in [-0.2, 0) is 30.0 Å². The van der Waals surface area contributed by atoms with Crippen molar-refractivity contribution in [3.63, 3.8) is 0 Å². The topological polar surface area (TPSA) is 67.2 Å². The van der Waals surface area contributed by atoms with E-state index in [2.05, 4.69) is 27.2 Å². The van der Waals surface area contributed by atoms with Gasteiger partial charge in [0.2, 0.25) is 10.0 Å². The largest absolute Gasteiger partial charge is 0.370 e. The molecule has 1 fully saturated rings. The molecule has 4 rings (SSSR count). The number of hydrogen-bond donors (Lipinski definition) is 1. The Morgan fingerprint density at radius 1 is 1.09 bits per heavy atom. The summed E-state index contributed by atoms with van der Waals surface area (Å²) in [6.45, 7) is 9.57. The summed E-state index contributed by atoms with van der Waals surface area (Å²) in [4.78, 5) is 7.21. The van der Waals surface area contributed by atoms with Crippen LogP contribution in [0.5, 0.6) is 0 Å². The first-order valence-corrected chi connectivity index (χ1v) is 14.3. The minimum atomic E-state index is -3.44. The van der Waals surface area contributed by atoms with Gasteiger partial charge in [0, 0.05) is 38.1 Å². The summed E-state index contributed by atoms with van der Waals surface area (Å²) < 4.78 is 28.8. The van der Waals surface area contributed by atoms with Crippen LogP contribution in [0, 0.1) is 5.92 Å². The number of nitrogens with zero attached hydrogens (tertiary/aromatic N) is 3. The van der Waals surface area contributed by atoms with Gasteiger partial charge in [-0.2, -0.15) is 0 Å².